The number of aromatic nitrogens is 8. The number of aryl methyl sites for hydroxylation is 4. The first-order valence-electron chi connectivity index (χ1n) is 37.0. The Morgan fingerprint density at radius 3 is 0.916 bits per heavy atom. The summed E-state index contributed by atoms with van der Waals surface area (Å²) in [4.78, 5) is 104. The zero-order valence-electron chi connectivity index (χ0n) is 65.8. The summed E-state index contributed by atoms with van der Waals surface area (Å²) in [5.41, 5.74) is 10.7. The molecule has 600 valence electrons. The van der Waals surface area contributed by atoms with Crippen molar-refractivity contribution in [2.45, 2.75) is 41.2 Å². The van der Waals surface area contributed by atoms with E-state index < -0.39 is 5.56 Å². The third-order valence-corrected chi connectivity index (χ3v) is 17.2. The number of Topliss-reactive ketones (excluding diaryl/α,β-unsaturated/α-hetero) is 1. The second-order valence-corrected chi connectivity index (χ2v) is 26.4. The van der Waals surface area contributed by atoms with Crippen LogP contribution in [0.5, 0.6) is 23.0 Å². The van der Waals surface area contributed by atoms with Crippen molar-refractivity contribution >= 4 is 5.78 Å². The highest BCUT2D eigenvalue weighted by Crippen LogP contribution is 2.18. The van der Waals surface area contributed by atoms with E-state index in [1.807, 2.05) is 161 Å². The van der Waals surface area contributed by atoms with Crippen LogP contribution in [-0.2, 0) is 11.3 Å². The summed E-state index contributed by atoms with van der Waals surface area (Å²) in [5, 5.41) is 36.8. The minimum atomic E-state index is -0.396. The summed E-state index contributed by atoms with van der Waals surface area (Å²) in [6.07, 6.45) is 13.8. The Bertz CT molecular complexity index is 6310. The molecule has 0 fully saturated rings. The number of nitrogens with zero attached hydrogens (tertiary/aromatic N) is 8. The maximum absolute atomic E-state index is 12.6. The van der Waals surface area contributed by atoms with Crippen LogP contribution in [0.15, 0.2) is 409 Å². The number of methoxy groups -OCH3 is 1. The average Bonchev–Trinajstić information content (AvgIpc) is 0.810. The monoisotopic (exact) mass is 1590 g/mol. The average molecular weight is 1590 g/mol. The second kappa shape index (κ2) is 43.4. The molecule has 8 heterocycles. The lowest BCUT2D eigenvalue weighted by Crippen LogP contribution is -2.17. The van der Waals surface area contributed by atoms with Gasteiger partial charge in [0.2, 0.25) is 0 Å². The molecule has 8 aromatic carbocycles. The van der Waals surface area contributed by atoms with Crippen LogP contribution in [0.3, 0.4) is 0 Å². The number of hydrogen-bond donors (Lipinski definition) is 4. The molecule has 22 nitrogen and oxygen atoms in total. The van der Waals surface area contributed by atoms with E-state index >= 15 is 0 Å². The Labute approximate surface area is 683 Å². The second-order valence-electron chi connectivity index (χ2n) is 26.4. The van der Waals surface area contributed by atoms with E-state index in [2.05, 4.69) is 0 Å². The first-order chi connectivity index (χ1) is 57.3. The highest BCUT2D eigenvalue weighted by molar-refractivity contribution is 5.93. The molecule has 0 saturated heterocycles. The molecular weight excluding hydrogens is 1510 g/mol. The standard InChI is InChI=1S/C13H13NO2.C13H11NO2.3C12H11NO2.C12H11NO.C11H8FNO.C11H9NO2/c1-16-10-11-7-8-13(15)14(9-11)12-5-3-2-4-6-12;1-10(15)11-7-8-13(16)14(9-11)12-5-3-2-4-6-12;2*1-9-2-7-12(15)13(8-9)10-3-5-11(14)6-4-10;1-9-7-11(14)12(15)13(8-9)10-5-3-2-4-6-10;1-10-7-8-12(14)13(9-10)11-5-3-2-4-6-11;12-9-4-6-10(7-5-9)13-8-2-1-3-11(13)14;13-10-6-4-9(5-7-10)12-8-2-1-3-11(12)14/h2-9H,10H2,1H3;2-9H,1H3;3*2-8,14H,1H3;2-9H,1H3;1-8H;1-8,13H. The van der Waals surface area contributed by atoms with E-state index in [-0.39, 0.29) is 73.5 Å². The van der Waals surface area contributed by atoms with Gasteiger partial charge in [-0.1, -0.05) is 103 Å². The smallest absolute Gasteiger partial charge is 0.297 e. The van der Waals surface area contributed by atoms with Gasteiger partial charge >= 0.3 is 0 Å². The van der Waals surface area contributed by atoms with Crippen LogP contribution in [0.1, 0.15) is 45.1 Å². The summed E-state index contributed by atoms with van der Waals surface area (Å²) in [7, 11) is 1.64. The number of phenolic OH excluding ortho intramolecular Hbond substituents is 3. The lowest BCUT2D eigenvalue weighted by atomic mass is 10.2. The molecule has 0 amide bonds. The molecule has 8 aromatic heterocycles. The molecule has 0 atom stereocenters. The molecule has 16 rings (SSSR count). The predicted molar refractivity (Wildman–Crippen MR) is 463 cm³/mol. The fraction of sp³-hybridized carbons (Fsp3) is 0.0729. The third-order valence-electron chi connectivity index (χ3n) is 17.2. The van der Waals surface area contributed by atoms with Crippen LogP contribution in [0.25, 0.3) is 45.5 Å². The first kappa shape index (κ1) is 87.1. The quantitative estimate of drug-likeness (QED) is 0.0876. The number of aromatic hydroxyl groups is 4. The molecule has 0 aliphatic rings. The molecule has 4 N–H and O–H groups in total. The SMILES string of the molecule is CC(=O)c1ccc(=O)n(-c2ccccc2)c1.COCc1ccc(=O)n(-c2ccccc2)c1.Cc1cc(O)c(=O)n(-c2ccccc2)c1.Cc1ccc(=O)n(-c2ccc(O)cc2)c1.Cc1ccc(=O)n(-c2ccc(O)cc2)c1.Cc1ccc(=O)n(-c2ccccc2)c1.O=c1ccccn1-c1ccc(F)cc1.O=c1ccccn1-c1ccc(O)cc1. The van der Waals surface area contributed by atoms with Crippen LogP contribution < -0.4 is 44.5 Å². The molecule has 0 radical (unpaired) electrons. The van der Waals surface area contributed by atoms with Gasteiger partial charge in [-0.2, -0.15) is 0 Å². The van der Waals surface area contributed by atoms with E-state index in [0.29, 0.717) is 17.9 Å². The Kier molecular flexibility index (Phi) is 31.8. The minimum Gasteiger partial charge on any atom is -0.508 e. The number of rotatable bonds is 11. The fourth-order valence-corrected chi connectivity index (χ4v) is 11.2. The van der Waals surface area contributed by atoms with Crippen molar-refractivity contribution < 1.29 is 34.3 Å². The predicted octanol–water partition coefficient (Wildman–Crippen LogP) is 15.2. The number of halogens is 1. The lowest BCUT2D eigenvalue weighted by Gasteiger charge is -2.07. The summed E-state index contributed by atoms with van der Waals surface area (Å²) >= 11 is 0. The number of para-hydroxylation sites is 4. The molecule has 23 heteroatoms. The zero-order chi connectivity index (χ0) is 85.3. The number of pyridine rings is 8. The molecule has 0 spiro atoms. The van der Waals surface area contributed by atoms with E-state index in [0.717, 1.165) is 67.6 Å². The zero-order valence-corrected chi connectivity index (χ0v) is 65.8. The van der Waals surface area contributed by atoms with Crippen molar-refractivity contribution in [1.82, 2.24) is 36.5 Å². The van der Waals surface area contributed by atoms with Crippen molar-refractivity contribution in [3.05, 3.63) is 493 Å². The largest absolute Gasteiger partial charge is 0.508 e. The van der Waals surface area contributed by atoms with E-state index in [4.69, 9.17) is 20.1 Å². The molecule has 16 aromatic rings. The minimum absolute atomic E-state index is 0.00167. The van der Waals surface area contributed by atoms with Crippen LogP contribution >= 0.6 is 0 Å². The molecular formula is C96H85FN8O14. The van der Waals surface area contributed by atoms with Gasteiger partial charge in [0.15, 0.2) is 11.5 Å². The fourth-order valence-electron chi connectivity index (χ4n) is 11.2. The summed E-state index contributed by atoms with van der Waals surface area (Å²) in [6, 6.07) is 90.6. The highest BCUT2D eigenvalue weighted by Gasteiger charge is 2.09. The molecule has 0 saturated carbocycles. The van der Waals surface area contributed by atoms with Gasteiger partial charge in [-0.3, -0.25) is 79.7 Å². The maximum atomic E-state index is 12.6. The summed E-state index contributed by atoms with van der Waals surface area (Å²) in [5.74, 6) is -0.00195. The number of hydrogen-bond acceptors (Lipinski definition) is 14. The van der Waals surface area contributed by atoms with Gasteiger partial charge in [0.1, 0.15) is 23.1 Å². The van der Waals surface area contributed by atoms with Crippen LogP contribution in [-0.4, -0.2) is 69.9 Å². The molecule has 0 aliphatic carbocycles. The number of carbonyl (C=O) groups excluding carboxylic acids is 1. The molecule has 0 bridgehead atoms. The number of phenols is 3. The summed E-state index contributed by atoms with van der Waals surface area (Å²) in [6.45, 7) is 9.65. The topological polar surface area (TPSA) is 283 Å². The van der Waals surface area contributed by atoms with E-state index in [1.165, 1.54) is 73.7 Å². The molecule has 0 aliphatic heterocycles. The summed E-state index contributed by atoms with van der Waals surface area (Å²) < 4.78 is 29.9. The van der Waals surface area contributed by atoms with Gasteiger partial charge in [0.05, 0.1) is 6.61 Å². The van der Waals surface area contributed by atoms with Gasteiger partial charge in [-0.25, -0.2) is 4.39 Å². The Morgan fingerprint density at radius 1 is 0.294 bits per heavy atom. The van der Waals surface area contributed by atoms with Gasteiger partial charge < -0.3 is 25.2 Å². The number of carbonyl (C=O) groups is 1. The Morgan fingerprint density at radius 2 is 0.571 bits per heavy atom. The third kappa shape index (κ3) is 26.1. The van der Waals surface area contributed by atoms with Gasteiger partial charge in [0, 0.05) is 150 Å². The highest BCUT2D eigenvalue weighted by atomic mass is 19.1. The van der Waals surface area contributed by atoms with Crippen molar-refractivity contribution in [1.29, 1.82) is 0 Å². The Balaban J connectivity index is 0.000000155. The van der Waals surface area contributed by atoms with Crippen molar-refractivity contribution in [3.8, 4) is 68.5 Å². The maximum Gasteiger partial charge on any atom is 0.297 e. The van der Waals surface area contributed by atoms with Gasteiger partial charge in [-0.05, 0) is 238 Å². The van der Waals surface area contributed by atoms with Crippen LogP contribution in [0.4, 0.5) is 4.39 Å². The van der Waals surface area contributed by atoms with Crippen molar-refractivity contribution in [3.63, 3.8) is 0 Å². The number of benzene rings is 8. The van der Waals surface area contributed by atoms with E-state index in [9.17, 15) is 52.6 Å². The van der Waals surface area contributed by atoms with Crippen LogP contribution in [0, 0.1) is 33.5 Å². The number of ether oxygens (including phenoxy) is 1. The van der Waals surface area contributed by atoms with Crippen molar-refractivity contribution in [2.24, 2.45) is 0 Å². The normalized spacial score (nSPS) is 10.1. The van der Waals surface area contributed by atoms with Crippen molar-refractivity contribution in [2.75, 3.05) is 7.11 Å². The molecule has 0 unspecified atom stereocenters. The lowest BCUT2D eigenvalue weighted by molar-refractivity contribution is 0.101. The van der Waals surface area contributed by atoms with Crippen LogP contribution in [0.2, 0.25) is 0 Å². The molecule has 119 heavy (non-hydrogen) atoms. The van der Waals surface area contributed by atoms with Gasteiger partial charge in [-0.15, -0.1) is 0 Å². The Hall–Kier alpha value is -15.9. The first-order valence-corrected chi connectivity index (χ1v) is 37.0. The number of ketones is 1. The van der Waals surface area contributed by atoms with E-state index in [1.54, 1.807) is 214 Å². The van der Waals surface area contributed by atoms with Gasteiger partial charge in [0.25, 0.3) is 44.5 Å².